The van der Waals surface area contributed by atoms with E-state index >= 15 is 0 Å². The molecule has 0 unspecified atom stereocenters. The number of hydrogen-bond donors (Lipinski definition) is 0. The minimum absolute atomic E-state index is 0.0625. The molecule has 1 aliphatic heterocycles. The van der Waals surface area contributed by atoms with Crippen molar-refractivity contribution in [3.05, 3.63) is 59.2 Å². The molecule has 4 heteroatoms. The van der Waals surface area contributed by atoms with Gasteiger partial charge < -0.3 is 14.5 Å². The third-order valence-corrected chi connectivity index (χ3v) is 5.22. The summed E-state index contributed by atoms with van der Waals surface area (Å²) in [7, 11) is 0. The lowest BCUT2D eigenvalue weighted by Crippen LogP contribution is -2.50. The maximum atomic E-state index is 12.5. The molecule has 4 nitrogen and oxygen atoms in total. The zero-order valence-corrected chi connectivity index (χ0v) is 16.0. The summed E-state index contributed by atoms with van der Waals surface area (Å²) in [6, 6.07) is 14.4. The molecule has 0 radical (unpaired) electrons. The molecule has 1 amide bonds. The Bertz CT molecular complexity index is 764. The highest BCUT2D eigenvalue weighted by Gasteiger charge is 2.22. The van der Waals surface area contributed by atoms with Crippen LogP contribution >= 0.6 is 0 Å². The number of nitrogens with zero attached hydrogens (tertiary/aromatic N) is 2. The number of aryl methyl sites for hydroxylation is 2. The number of piperazine rings is 1. The Hall–Kier alpha value is -2.49. The SMILES string of the molecule is CCc1cccc(OCC(=O)N2CCN(c3cccc(C)c3C)CC2)c1. The molecule has 1 aliphatic rings. The summed E-state index contributed by atoms with van der Waals surface area (Å²) in [6.07, 6.45) is 0.964. The van der Waals surface area contributed by atoms with Gasteiger partial charge in [0.05, 0.1) is 0 Å². The Morgan fingerprint density at radius 2 is 1.77 bits per heavy atom. The van der Waals surface area contributed by atoms with Gasteiger partial charge in [-0.25, -0.2) is 0 Å². The molecule has 138 valence electrons. The second-order valence-corrected chi connectivity index (χ2v) is 6.88. The Morgan fingerprint density at radius 3 is 2.50 bits per heavy atom. The Labute approximate surface area is 156 Å². The summed E-state index contributed by atoms with van der Waals surface area (Å²) < 4.78 is 5.71. The van der Waals surface area contributed by atoms with Crippen molar-refractivity contribution in [2.24, 2.45) is 0 Å². The lowest BCUT2D eigenvalue weighted by atomic mass is 10.1. The Balaban J connectivity index is 1.52. The first-order valence-corrected chi connectivity index (χ1v) is 9.39. The first-order chi connectivity index (χ1) is 12.6. The van der Waals surface area contributed by atoms with Crippen molar-refractivity contribution in [2.75, 3.05) is 37.7 Å². The zero-order chi connectivity index (χ0) is 18.5. The van der Waals surface area contributed by atoms with Gasteiger partial charge in [0.2, 0.25) is 0 Å². The van der Waals surface area contributed by atoms with Gasteiger partial charge >= 0.3 is 0 Å². The molecular formula is C22H28N2O2. The predicted molar refractivity (Wildman–Crippen MR) is 106 cm³/mol. The van der Waals surface area contributed by atoms with Crippen LogP contribution in [-0.2, 0) is 11.2 Å². The van der Waals surface area contributed by atoms with Gasteiger partial charge in [-0.1, -0.05) is 31.2 Å². The number of hydrogen-bond acceptors (Lipinski definition) is 3. The number of rotatable bonds is 5. The van der Waals surface area contributed by atoms with Crippen molar-refractivity contribution in [3.8, 4) is 5.75 Å². The molecule has 0 atom stereocenters. The van der Waals surface area contributed by atoms with E-state index in [1.165, 1.54) is 22.4 Å². The lowest BCUT2D eigenvalue weighted by Gasteiger charge is -2.37. The van der Waals surface area contributed by atoms with Crippen LogP contribution in [0, 0.1) is 13.8 Å². The van der Waals surface area contributed by atoms with Crippen LogP contribution in [0.15, 0.2) is 42.5 Å². The molecule has 0 bridgehead atoms. The molecule has 1 heterocycles. The van der Waals surface area contributed by atoms with Gasteiger partial charge in [0.1, 0.15) is 5.75 Å². The predicted octanol–water partition coefficient (Wildman–Crippen LogP) is 3.59. The van der Waals surface area contributed by atoms with Crippen molar-refractivity contribution in [2.45, 2.75) is 27.2 Å². The van der Waals surface area contributed by atoms with E-state index in [1.54, 1.807) is 0 Å². The van der Waals surface area contributed by atoms with E-state index in [4.69, 9.17) is 4.74 Å². The van der Waals surface area contributed by atoms with Crippen LogP contribution in [0.4, 0.5) is 5.69 Å². The van der Waals surface area contributed by atoms with Crippen molar-refractivity contribution in [1.29, 1.82) is 0 Å². The topological polar surface area (TPSA) is 32.8 Å². The highest BCUT2D eigenvalue weighted by molar-refractivity contribution is 5.78. The molecular weight excluding hydrogens is 324 g/mol. The third-order valence-electron chi connectivity index (χ3n) is 5.22. The number of anilines is 1. The molecule has 26 heavy (non-hydrogen) atoms. The normalized spacial score (nSPS) is 14.4. The first kappa shape index (κ1) is 18.3. The summed E-state index contributed by atoms with van der Waals surface area (Å²) in [5.41, 5.74) is 5.14. The van der Waals surface area contributed by atoms with Crippen LogP contribution < -0.4 is 9.64 Å². The highest BCUT2D eigenvalue weighted by Crippen LogP contribution is 2.24. The number of benzene rings is 2. The average molecular weight is 352 g/mol. The maximum absolute atomic E-state index is 12.5. The summed E-state index contributed by atoms with van der Waals surface area (Å²) in [5.74, 6) is 0.833. The van der Waals surface area contributed by atoms with E-state index in [-0.39, 0.29) is 12.5 Å². The van der Waals surface area contributed by atoms with E-state index in [1.807, 2.05) is 23.1 Å². The van der Waals surface area contributed by atoms with E-state index in [0.717, 1.165) is 38.3 Å². The molecule has 3 rings (SSSR count). The summed E-state index contributed by atoms with van der Waals surface area (Å²) in [4.78, 5) is 16.8. The lowest BCUT2D eigenvalue weighted by molar-refractivity contribution is -0.133. The van der Waals surface area contributed by atoms with Crippen molar-refractivity contribution >= 4 is 11.6 Å². The van der Waals surface area contributed by atoms with E-state index in [2.05, 4.69) is 49.9 Å². The van der Waals surface area contributed by atoms with Crippen LogP contribution in [0.1, 0.15) is 23.6 Å². The third kappa shape index (κ3) is 4.18. The van der Waals surface area contributed by atoms with Gasteiger partial charge in [-0.15, -0.1) is 0 Å². The smallest absolute Gasteiger partial charge is 0.260 e. The fourth-order valence-corrected chi connectivity index (χ4v) is 3.37. The molecule has 0 aromatic heterocycles. The quantitative estimate of drug-likeness (QED) is 0.824. The van der Waals surface area contributed by atoms with Crippen molar-refractivity contribution < 1.29 is 9.53 Å². The van der Waals surface area contributed by atoms with Gasteiger partial charge in [-0.2, -0.15) is 0 Å². The Kier molecular flexibility index (Phi) is 5.82. The molecule has 0 spiro atoms. The van der Waals surface area contributed by atoms with Gasteiger partial charge in [0, 0.05) is 31.9 Å². The molecule has 1 fully saturated rings. The van der Waals surface area contributed by atoms with Crippen LogP contribution in [0.2, 0.25) is 0 Å². The van der Waals surface area contributed by atoms with Gasteiger partial charge in [0.15, 0.2) is 6.61 Å². The molecule has 0 aliphatic carbocycles. The number of carbonyl (C=O) groups is 1. The van der Waals surface area contributed by atoms with Crippen molar-refractivity contribution in [1.82, 2.24) is 4.90 Å². The molecule has 0 saturated carbocycles. The van der Waals surface area contributed by atoms with Crippen LogP contribution in [-0.4, -0.2) is 43.6 Å². The summed E-state index contributed by atoms with van der Waals surface area (Å²) in [5, 5.41) is 0. The first-order valence-electron chi connectivity index (χ1n) is 9.39. The molecule has 0 N–H and O–H groups in total. The largest absolute Gasteiger partial charge is 0.484 e. The van der Waals surface area contributed by atoms with Crippen LogP contribution in [0.3, 0.4) is 0 Å². The second kappa shape index (κ2) is 8.26. The number of ether oxygens (including phenoxy) is 1. The molecule has 2 aromatic rings. The minimum atomic E-state index is 0.0625. The van der Waals surface area contributed by atoms with Gasteiger partial charge in [0.25, 0.3) is 5.91 Å². The highest BCUT2D eigenvalue weighted by atomic mass is 16.5. The number of carbonyl (C=O) groups excluding carboxylic acids is 1. The van der Waals surface area contributed by atoms with Gasteiger partial charge in [-0.05, 0) is 55.2 Å². The standard InChI is InChI=1S/C22H28N2O2/c1-4-19-8-6-9-20(15-19)26-16-22(25)24-13-11-23(12-14-24)21-10-5-7-17(2)18(21)3/h5-10,15H,4,11-14,16H2,1-3H3. The second-order valence-electron chi connectivity index (χ2n) is 6.88. The minimum Gasteiger partial charge on any atom is -0.484 e. The van der Waals surface area contributed by atoms with E-state index in [9.17, 15) is 4.79 Å². The zero-order valence-electron chi connectivity index (χ0n) is 16.0. The van der Waals surface area contributed by atoms with Crippen LogP contribution in [0.25, 0.3) is 0 Å². The fourth-order valence-electron chi connectivity index (χ4n) is 3.37. The van der Waals surface area contributed by atoms with Gasteiger partial charge in [-0.3, -0.25) is 4.79 Å². The van der Waals surface area contributed by atoms with E-state index in [0.29, 0.717) is 0 Å². The van der Waals surface area contributed by atoms with E-state index < -0.39 is 0 Å². The Morgan fingerprint density at radius 1 is 1.04 bits per heavy atom. The molecule has 2 aromatic carbocycles. The summed E-state index contributed by atoms with van der Waals surface area (Å²) >= 11 is 0. The molecule has 1 saturated heterocycles. The van der Waals surface area contributed by atoms with Crippen LogP contribution in [0.5, 0.6) is 5.75 Å². The summed E-state index contributed by atoms with van der Waals surface area (Å²) in [6.45, 7) is 9.73. The van der Waals surface area contributed by atoms with Crippen molar-refractivity contribution in [3.63, 3.8) is 0 Å². The maximum Gasteiger partial charge on any atom is 0.260 e. The average Bonchev–Trinajstić information content (AvgIpc) is 2.68. The number of amides is 1. The fraction of sp³-hybridized carbons (Fsp3) is 0.409. The monoisotopic (exact) mass is 352 g/mol.